The highest BCUT2D eigenvalue weighted by molar-refractivity contribution is 6.08. The fourth-order valence-electron chi connectivity index (χ4n) is 3.00. The maximum Gasteiger partial charge on any atom is 0.165 e. The molecule has 0 spiro atoms. The number of piperazine rings is 1. The predicted molar refractivity (Wildman–Crippen MR) is 84.6 cm³/mol. The van der Waals surface area contributed by atoms with Crippen molar-refractivity contribution in [2.24, 2.45) is 0 Å². The summed E-state index contributed by atoms with van der Waals surface area (Å²) in [6, 6.07) is 8.13. The van der Waals surface area contributed by atoms with E-state index in [1.165, 1.54) is 0 Å². The number of pyridine rings is 1. The van der Waals surface area contributed by atoms with Crippen LogP contribution in [0.3, 0.4) is 0 Å². The first-order valence-corrected chi connectivity index (χ1v) is 7.40. The van der Waals surface area contributed by atoms with Crippen LogP contribution in [0.25, 0.3) is 10.8 Å². The van der Waals surface area contributed by atoms with Gasteiger partial charge >= 0.3 is 0 Å². The van der Waals surface area contributed by atoms with E-state index < -0.39 is 0 Å². The summed E-state index contributed by atoms with van der Waals surface area (Å²) in [6.45, 7) is 3.04. The van der Waals surface area contributed by atoms with Gasteiger partial charge in [-0.1, -0.05) is 18.2 Å². The van der Waals surface area contributed by atoms with Crippen LogP contribution in [-0.4, -0.2) is 60.3 Å². The molecular formula is C17H21N3O. The van der Waals surface area contributed by atoms with Gasteiger partial charge in [-0.3, -0.25) is 9.78 Å². The number of Topliss-reactive ketones (excluding diaryl/α,β-unsaturated/α-hetero) is 1. The van der Waals surface area contributed by atoms with Crippen LogP contribution < -0.4 is 0 Å². The zero-order chi connectivity index (χ0) is 14.8. The van der Waals surface area contributed by atoms with Gasteiger partial charge in [0.05, 0.1) is 0 Å². The first kappa shape index (κ1) is 14.2. The molecule has 2 aromatic rings. The molecule has 0 bridgehead atoms. The Kier molecular flexibility index (Phi) is 3.99. The molecule has 1 aliphatic rings. The fraction of sp³-hybridized carbons (Fsp3) is 0.412. The zero-order valence-electron chi connectivity index (χ0n) is 12.6. The van der Waals surface area contributed by atoms with Crippen molar-refractivity contribution in [3.8, 4) is 0 Å². The van der Waals surface area contributed by atoms with E-state index in [2.05, 4.69) is 28.9 Å². The number of nitrogens with zero attached hydrogens (tertiary/aromatic N) is 3. The van der Waals surface area contributed by atoms with Crippen molar-refractivity contribution in [2.75, 3.05) is 33.7 Å². The summed E-state index contributed by atoms with van der Waals surface area (Å²) in [5, 5.41) is 2.03. The minimum atomic E-state index is 0.209. The molecule has 1 atom stereocenters. The minimum Gasteiger partial charge on any atom is -0.304 e. The number of benzene rings is 1. The smallest absolute Gasteiger partial charge is 0.165 e. The number of likely N-dealkylation sites (N-methyl/N-ethyl adjacent to an activating group) is 2. The van der Waals surface area contributed by atoms with Crippen molar-refractivity contribution in [1.82, 2.24) is 14.8 Å². The number of carbonyl (C=O) groups is 1. The number of fused-ring (bicyclic) bond motifs is 1. The normalized spacial score (nSPS) is 20.8. The van der Waals surface area contributed by atoms with Crippen LogP contribution in [-0.2, 0) is 0 Å². The SMILES string of the molecule is CN1CCN(C)C(CC(=O)c2cccc3ccncc23)C1. The lowest BCUT2D eigenvalue weighted by atomic mass is 9.97. The number of ketones is 1. The summed E-state index contributed by atoms with van der Waals surface area (Å²) in [5.41, 5.74) is 0.794. The number of hydrogen-bond acceptors (Lipinski definition) is 4. The van der Waals surface area contributed by atoms with E-state index >= 15 is 0 Å². The lowest BCUT2D eigenvalue weighted by Gasteiger charge is -2.37. The molecule has 1 saturated heterocycles. The van der Waals surface area contributed by atoms with Gasteiger partial charge in [0.2, 0.25) is 0 Å². The van der Waals surface area contributed by atoms with E-state index in [0.29, 0.717) is 12.5 Å². The second-order valence-electron chi connectivity index (χ2n) is 5.93. The Morgan fingerprint density at radius 3 is 3.00 bits per heavy atom. The van der Waals surface area contributed by atoms with E-state index in [0.717, 1.165) is 36.0 Å². The van der Waals surface area contributed by atoms with Crippen LogP contribution in [0.2, 0.25) is 0 Å². The second kappa shape index (κ2) is 5.92. The molecule has 3 rings (SSSR count). The average Bonchev–Trinajstić information content (AvgIpc) is 2.50. The molecule has 0 radical (unpaired) electrons. The van der Waals surface area contributed by atoms with Crippen molar-refractivity contribution in [2.45, 2.75) is 12.5 Å². The molecule has 0 aliphatic carbocycles. The average molecular weight is 283 g/mol. The summed E-state index contributed by atoms with van der Waals surface area (Å²) in [7, 11) is 4.22. The van der Waals surface area contributed by atoms with Crippen LogP contribution >= 0.6 is 0 Å². The molecule has 1 unspecified atom stereocenters. The highest BCUT2D eigenvalue weighted by atomic mass is 16.1. The second-order valence-corrected chi connectivity index (χ2v) is 5.93. The molecule has 2 heterocycles. The zero-order valence-corrected chi connectivity index (χ0v) is 12.6. The van der Waals surface area contributed by atoms with Crippen LogP contribution in [0.1, 0.15) is 16.8 Å². The van der Waals surface area contributed by atoms with Crippen molar-refractivity contribution in [3.05, 3.63) is 42.2 Å². The van der Waals surface area contributed by atoms with Gasteiger partial charge in [-0.25, -0.2) is 0 Å². The Labute approximate surface area is 125 Å². The first-order chi connectivity index (χ1) is 10.1. The molecule has 0 amide bonds. The number of carbonyl (C=O) groups excluding carboxylic acids is 1. The van der Waals surface area contributed by atoms with Crippen LogP contribution in [0.4, 0.5) is 0 Å². The quantitative estimate of drug-likeness (QED) is 0.808. The summed E-state index contributed by atoms with van der Waals surface area (Å²) in [4.78, 5) is 21.5. The van der Waals surface area contributed by atoms with Gasteiger partial charge in [-0.05, 0) is 25.5 Å². The van der Waals surface area contributed by atoms with E-state index in [4.69, 9.17) is 0 Å². The Hall–Kier alpha value is -1.78. The van der Waals surface area contributed by atoms with E-state index in [9.17, 15) is 4.79 Å². The number of aromatic nitrogens is 1. The van der Waals surface area contributed by atoms with Gasteiger partial charge in [0.25, 0.3) is 0 Å². The predicted octanol–water partition coefficient (Wildman–Crippen LogP) is 2.05. The van der Waals surface area contributed by atoms with E-state index in [1.54, 1.807) is 12.4 Å². The Balaban J connectivity index is 1.84. The molecule has 1 aliphatic heterocycles. The van der Waals surface area contributed by atoms with Gasteiger partial charge in [-0.15, -0.1) is 0 Å². The first-order valence-electron chi connectivity index (χ1n) is 7.40. The lowest BCUT2D eigenvalue weighted by Crippen LogP contribution is -2.50. The summed E-state index contributed by atoms with van der Waals surface area (Å²) >= 11 is 0. The van der Waals surface area contributed by atoms with Crippen molar-refractivity contribution < 1.29 is 4.79 Å². The van der Waals surface area contributed by atoms with Crippen LogP contribution in [0, 0.1) is 0 Å². The van der Waals surface area contributed by atoms with Crippen LogP contribution in [0.15, 0.2) is 36.7 Å². The number of rotatable bonds is 3. The highest BCUT2D eigenvalue weighted by Gasteiger charge is 2.25. The number of hydrogen-bond donors (Lipinski definition) is 0. The maximum atomic E-state index is 12.7. The third-order valence-electron chi connectivity index (χ3n) is 4.39. The van der Waals surface area contributed by atoms with Gasteiger partial charge in [0.1, 0.15) is 0 Å². The van der Waals surface area contributed by atoms with Gasteiger partial charge in [0, 0.05) is 55.4 Å². The van der Waals surface area contributed by atoms with Crippen molar-refractivity contribution >= 4 is 16.6 Å². The molecule has 4 heteroatoms. The summed E-state index contributed by atoms with van der Waals surface area (Å²) in [6.07, 6.45) is 4.12. The highest BCUT2D eigenvalue weighted by Crippen LogP contribution is 2.21. The van der Waals surface area contributed by atoms with Crippen molar-refractivity contribution in [3.63, 3.8) is 0 Å². The largest absolute Gasteiger partial charge is 0.304 e. The van der Waals surface area contributed by atoms with Gasteiger partial charge < -0.3 is 9.80 Å². The Morgan fingerprint density at radius 1 is 1.29 bits per heavy atom. The Morgan fingerprint density at radius 2 is 2.14 bits per heavy atom. The third kappa shape index (κ3) is 2.96. The molecule has 4 nitrogen and oxygen atoms in total. The van der Waals surface area contributed by atoms with Gasteiger partial charge in [-0.2, -0.15) is 0 Å². The third-order valence-corrected chi connectivity index (χ3v) is 4.39. The molecule has 1 fully saturated rings. The molecule has 1 aromatic heterocycles. The molecule has 110 valence electrons. The van der Waals surface area contributed by atoms with Crippen molar-refractivity contribution in [1.29, 1.82) is 0 Å². The lowest BCUT2D eigenvalue weighted by molar-refractivity contribution is 0.0811. The van der Waals surface area contributed by atoms with Gasteiger partial charge in [0.15, 0.2) is 5.78 Å². The van der Waals surface area contributed by atoms with E-state index in [1.807, 2.05) is 24.3 Å². The molecule has 0 saturated carbocycles. The molecule has 21 heavy (non-hydrogen) atoms. The molecule has 1 aromatic carbocycles. The summed E-state index contributed by atoms with van der Waals surface area (Å²) in [5.74, 6) is 0.209. The molecular weight excluding hydrogens is 262 g/mol. The van der Waals surface area contributed by atoms with E-state index in [-0.39, 0.29) is 5.78 Å². The Bertz CT molecular complexity index is 650. The minimum absolute atomic E-state index is 0.209. The maximum absolute atomic E-state index is 12.7. The van der Waals surface area contributed by atoms with Crippen LogP contribution in [0.5, 0.6) is 0 Å². The summed E-state index contributed by atoms with van der Waals surface area (Å²) < 4.78 is 0. The monoisotopic (exact) mass is 283 g/mol. The fourth-order valence-corrected chi connectivity index (χ4v) is 3.00. The topological polar surface area (TPSA) is 36.4 Å². The molecule has 0 N–H and O–H groups in total. The standard InChI is InChI=1S/C17H21N3O/c1-19-8-9-20(2)14(12-19)10-17(21)15-5-3-4-13-6-7-18-11-16(13)15/h3-7,11,14H,8-10,12H2,1-2H3.